The van der Waals surface area contributed by atoms with Crippen molar-refractivity contribution in [3.63, 3.8) is 0 Å². The minimum atomic E-state index is -4.70. The molecule has 2 N–H and O–H groups in total. The van der Waals surface area contributed by atoms with Crippen molar-refractivity contribution in [2.24, 2.45) is 0 Å². The standard InChI is InChI=1S/C14H13F3N4O4/c15-14(16,17)8-2-3-9(10(6-8)21(24)25)20-5-1-4-13(7-20)11(22)18-12(23)19-13/h2-3,6H,1,4-5,7H2,(H2,18,19,22,23). The monoisotopic (exact) mass is 358 g/mol. The number of nitrogens with zero attached hydrogens (tertiary/aromatic N) is 2. The number of piperidine rings is 1. The average molecular weight is 358 g/mol. The van der Waals surface area contributed by atoms with E-state index in [1.54, 1.807) is 0 Å². The number of hydrogen-bond acceptors (Lipinski definition) is 5. The van der Waals surface area contributed by atoms with Crippen molar-refractivity contribution in [2.45, 2.75) is 24.6 Å². The van der Waals surface area contributed by atoms with Gasteiger partial charge in [0.05, 0.1) is 17.0 Å². The number of benzene rings is 1. The highest BCUT2D eigenvalue weighted by Gasteiger charge is 2.49. The number of anilines is 1. The maximum atomic E-state index is 12.8. The van der Waals surface area contributed by atoms with Crippen molar-refractivity contribution in [3.8, 4) is 0 Å². The summed E-state index contributed by atoms with van der Waals surface area (Å²) >= 11 is 0. The molecule has 0 aliphatic carbocycles. The van der Waals surface area contributed by atoms with Gasteiger partial charge in [0.1, 0.15) is 11.2 Å². The molecule has 2 saturated heterocycles. The van der Waals surface area contributed by atoms with Gasteiger partial charge in [-0.1, -0.05) is 0 Å². The van der Waals surface area contributed by atoms with E-state index in [2.05, 4.69) is 10.6 Å². The molecule has 2 aliphatic heterocycles. The van der Waals surface area contributed by atoms with Gasteiger partial charge in [-0.2, -0.15) is 13.2 Å². The number of halogens is 3. The van der Waals surface area contributed by atoms with E-state index < -0.39 is 39.8 Å². The fraction of sp³-hybridized carbons (Fsp3) is 0.429. The Bertz CT molecular complexity index is 767. The molecule has 0 aromatic heterocycles. The van der Waals surface area contributed by atoms with Gasteiger partial charge in [0.15, 0.2) is 0 Å². The van der Waals surface area contributed by atoms with E-state index in [1.165, 1.54) is 4.90 Å². The molecule has 0 saturated carbocycles. The molecule has 2 aliphatic rings. The minimum absolute atomic E-state index is 0.0222. The molecular formula is C14H13F3N4O4. The molecule has 134 valence electrons. The number of alkyl halides is 3. The smallest absolute Gasteiger partial charge is 0.363 e. The van der Waals surface area contributed by atoms with Gasteiger partial charge < -0.3 is 10.2 Å². The predicted molar refractivity (Wildman–Crippen MR) is 79.0 cm³/mol. The maximum absolute atomic E-state index is 12.8. The molecule has 1 atom stereocenters. The first-order valence-corrected chi connectivity index (χ1v) is 7.37. The Morgan fingerprint density at radius 3 is 2.56 bits per heavy atom. The van der Waals surface area contributed by atoms with Crippen molar-refractivity contribution in [1.29, 1.82) is 0 Å². The van der Waals surface area contributed by atoms with E-state index in [0.717, 1.165) is 12.1 Å². The Morgan fingerprint density at radius 1 is 1.28 bits per heavy atom. The molecular weight excluding hydrogens is 345 g/mol. The molecule has 0 bridgehead atoms. The Hall–Kier alpha value is -2.85. The first-order valence-electron chi connectivity index (χ1n) is 7.37. The van der Waals surface area contributed by atoms with Gasteiger partial charge in [0, 0.05) is 12.6 Å². The first kappa shape index (κ1) is 17.0. The predicted octanol–water partition coefficient (Wildman–Crippen LogP) is 1.79. The van der Waals surface area contributed by atoms with Gasteiger partial charge in [-0.25, -0.2) is 4.79 Å². The first-order chi connectivity index (χ1) is 11.6. The summed E-state index contributed by atoms with van der Waals surface area (Å²) in [6.07, 6.45) is -3.92. The maximum Gasteiger partial charge on any atom is 0.416 e. The summed E-state index contributed by atoms with van der Waals surface area (Å²) in [6.45, 7) is 0.258. The summed E-state index contributed by atoms with van der Waals surface area (Å²) < 4.78 is 38.4. The van der Waals surface area contributed by atoms with Crippen LogP contribution in [0.5, 0.6) is 0 Å². The molecule has 1 unspecified atom stereocenters. The highest BCUT2D eigenvalue weighted by Crippen LogP contribution is 2.38. The van der Waals surface area contributed by atoms with Crippen LogP contribution in [0.1, 0.15) is 18.4 Å². The van der Waals surface area contributed by atoms with Crippen LogP contribution >= 0.6 is 0 Å². The zero-order chi connectivity index (χ0) is 18.4. The number of carbonyl (C=O) groups excluding carboxylic acids is 2. The van der Waals surface area contributed by atoms with Crippen molar-refractivity contribution >= 4 is 23.3 Å². The summed E-state index contributed by atoms with van der Waals surface area (Å²) in [4.78, 5) is 35.2. The molecule has 0 radical (unpaired) electrons. The third-order valence-corrected chi connectivity index (χ3v) is 4.35. The van der Waals surface area contributed by atoms with Crippen LogP contribution in [0.15, 0.2) is 18.2 Å². The lowest BCUT2D eigenvalue weighted by Gasteiger charge is -2.39. The molecule has 2 fully saturated rings. The van der Waals surface area contributed by atoms with E-state index in [0.29, 0.717) is 25.5 Å². The number of amides is 3. The van der Waals surface area contributed by atoms with Gasteiger partial charge in [-0.05, 0) is 25.0 Å². The van der Waals surface area contributed by atoms with Crippen LogP contribution in [-0.4, -0.2) is 35.5 Å². The normalized spacial score (nSPS) is 23.6. The van der Waals surface area contributed by atoms with E-state index in [1.807, 2.05) is 0 Å². The van der Waals surface area contributed by atoms with Crippen LogP contribution < -0.4 is 15.5 Å². The minimum Gasteiger partial charge on any atom is -0.363 e. The Kier molecular flexibility index (Phi) is 3.81. The lowest BCUT2D eigenvalue weighted by molar-refractivity contribution is -0.384. The van der Waals surface area contributed by atoms with E-state index in [9.17, 15) is 32.9 Å². The van der Waals surface area contributed by atoms with Gasteiger partial charge in [-0.3, -0.25) is 20.2 Å². The van der Waals surface area contributed by atoms with E-state index >= 15 is 0 Å². The molecule has 11 heteroatoms. The van der Waals surface area contributed by atoms with Crippen LogP contribution in [0.3, 0.4) is 0 Å². The van der Waals surface area contributed by atoms with Gasteiger partial charge in [0.2, 0.25) is 0 Å². The highest BCUT2D eigenvalue weighted by atomic mass is 19.4. The van der Waals surface area contributed by atoms with Crippen LogP contribution in [-0.2, 0) is 11.0 Å². The number of urea groups is 1. The zero-order valence-corrected chi connectivity index (χ0v) is 12.7. The van der Waals surface area contributed by atoms with Crippen LogP contribution in [0.25, 0.3) is 0 Å². The van der Waals surface area contributed by atoms with Crippen LogP contribution in [0.4, 0.5) is 29.3 Å². The molecule has 8 nitrogen and oxygen atoms in total. The summed E-state index contributed by atoms with van der Waals surface area (Å²) in [5.74, 6) is -0.545. The number of carbonyl (C=O) groups is 2. The molecule has 1 aromatic rings. The Balaban J connectivity index is 1.97. The third kappa shape index (κ3) is 2.96. The third-order valence-electron chi connectivity index (χ3n) is 4.35. The Labute approximate surface area is 139 Å². The second-order valence-corrected chi connectivity index (χ2v) is 5.97. The largest absolute Gasteiger partial charge is 0.416 e. The summed E-state index contributed by atoms with van der Waals surface area (Å²) in [5.41, 5.74) is -3.07. The Morgan fingerprint density at radius 2 is 2.00 bits per heavy atom. The molecule has 2 heterocycles. The van der Waals surface area contributed by atoms with Gasteiger partial charge in [-0.15, -0.1) is 0 Å². The number of imide groups is 1. The average Bonchev–Trinajstić information content (AvgIpc) is 2.79. The number of hydrogen-bond donors (Lipinski definition) is 2. The van der Waals surface area contributed by atoms with E-state index in [-0.39, 0.29) is 12.2 Å². The summed E-state index contributed by atoms with van der Waals surface area (Å²) in [7, 11) is 0. The lowest BCUT2D eigenvalue weighted by atomic mass is 9.88. The van der Waals surface area contributed by atoms with Crippen molar-refractivity contribution in [1.82, 2.24) is 10.6 Å². The molecule has 25 heavy (non-hydrogen) atoms. The van der Waals surface area contributed by atoms with Crippen LogP contribution in [0, 0.1) is 10.1 Å². The van der Waals surface area contributed by atoms with Crippen molar-refractivity contribution in [2.75, 3.05) is 18.0 Å². The molecule has 3 rings (SSSR count). The molecule has 1 aromatic carbocycles. The topological polar surface area (TPSA) is 105 Å². The van der Waals surface area contributed by atoms with Crippen molar-refractivity contribution in [3.05, 3.63) is 33.9 Å². The summed E-state index contributed by atoms with van der Waals surface area (Å²) in [6, 6.07) is 1.60. The second kappa shape index (κ2) is 5.60. The molecule has 3 amide bonds. The lowest BCUT2D eigenvalue weighted by Crippen LogP contribution is -2.58. The fourth-order valence-electron chi connectivity index (χ4n) is 3.19. The zero-order valence-electron chi connectivity index (χ0n) is 12.7. The number of nitrogens with one attached hydrogen (secondary N) is 2. The number of nitro benzene ring substituents is 1. The molecule has 1 spiro atoms. The fourth-order valence-corrected chi connectivity index (χ4v) is 3.19. The number of nitro groups is 1. The van der Waals surface area contributed by atoms with Crippen molar-refractivity contribution < 1.29 is 27.7 Å². The van der Waals surface area contributed by atoms with Crippen LogP contribution in [0.2, 0.25) is 0 Å². The van der Waals surface area contributed by atoms with Gasteiger partial charge in [0.25, 0.3) is 11.6 Å². The van der Waals surface area contributed by atoms with Gasteiger partial charge >= 0.3 is 12.2 Å². The highest BCUT2D eigenvalue weighted by molar-refractivity contribution is 6.07. The number of rotatable bonds is 2. The second-order valence-electron chi connectivity index (χ2n) is 5.97. The van der Waals surface area contributed by atoms with E-state index in [4.69, 9.17) is 0 Å². The summed E-state index contributed by atoms with van der Waals surface area (Å²) in [5, 5.41) is 15.9. The SMILES string of the molecule is O=C1NC(=O)C2(CCCN(c3ccc(C(F)(F)F)cc3[N+](=O)[O-])C2)N1. The quantitative estimate of drug-likeness (QED) is 0.476.